The van der Waals surface area contributed by atoms with Crippen molar-refractivity contribution in [3.05, 3.63) is 71.8 Å². The van der Waals surface area contributed by atoms with Crippen molar-refractivity contribution < 1.29 is 9.53 Å². The van der Waals surface area contributed by atoms with Gasteiger partial charge in [0, 0.05) is 6.08 Å². The Kier molecular flexibility index (Phi) is 4.72. The monoisotopic (exact) mass is 266 g/mol. The molecule has 0 unspecified atom stereocenters. The van der Waals surface area contributed by atoms with Crippen LogP contribution in [0.25, 0.3) is 11.1 Å². The first-order chi connectivity index (χ1) is 9.69. The number of esters is 1. The highest BCUT2D eigenvalue weighted by molar-refractivity contribution is 5.82. The quantitative estimate of drug-likeness (QED) is 0.617. The van der Waals surface area contributed by atoms with Crippen molar-refractivity contribution >= 4 is 5.97 Å². The molecule has 0 saturated carbocycles. The van der Waals surface area contributed by atoms with Gasteiger partial charge in [-0.05, 0) is 30.0 Å². The van der Waals surface area contributed by atoms with Crippen LogP contribution < -0.4 is 0 Å². The highest BCUT2D eigenvalue weighted by Crippen LogP contribution is 2.20. The second kappa shape index (κ2) is 6.71. The molecule has 0 N–H and O–H groups in total. The predicted molar refractivity (Wildman–Crippen MR) is 81.4 cm³/mol. The average molecular weight is 266 g/mol. The summed E-state index contributed by atoms with van der Waals surface area (Å²) in [5.41, 5.74) is 4.58. The van der Waals surface area contributed by atoms with Crippen molar-refractivity contribution in [2.75, 3.05) is 7.11 Å². The van der Waals surface area contributed by atoms with E-state index in [4.69, 9.17) is 0 Å². The van der Waals surface area contributed by atoms with Crippen LogP contribution in [0.5, 0.6) is 0 Å². The van der Waals surface area contributed by atoms with Crippen LogP contribution in [0.2, 0.25) is 0 Å². The summed E-state index contributed by atoms with van der Waals surface area (Å²) in [4.78, 5) is 11.2. The Morgan fingerprint density at radius 2 is 1.60 bits per heavy atom. The van der Waals surface area contributed by atoms with E-state index >= 15 is 0 Å². The van der Waals surface area contributed by atoms with E-state index in [1.165, 1.54) is 29.9 Å². The van der Waals surface area contributed by atoms with E-state index in [0.717, 1.165) is 12.0 Å². The number of ether oxygens (including phenoxy) is 1. The van der Waals surface area contributed by atoms with E-state index in [-0.39, 0.29) is 5.97 Å². The van der Waals surface area contributed by atoms with Crippen molar-refractivity contribution in [2.45, 2.75) is 13.3 Å². The smallest absolute Gasteiger partial charge is 0.330 e. The van der Waals surface area contributed by atoms with Crippen LogP contribution >= 0.6 is 0 Å². The third kappa shape index (κ3) is 3.82. The third-order valence-corrected chi connectivity index (χ3v) is 3.11. The number of methoxy groups -OCH3 is 1. The van der Waals surface area contributed by atoms with Gasteiger partial charge in [0.15, 0.2) is 0 Å². The summed E-state index contributed by atoms with van der Waals surface area (Å²) < 4.78 is 4.62. The maximum absolute atomic E-state index is 11.2. The Morgan fingerprint density at radius 3 is 2.20 bits per heavy atom. The summed E-state index contributed by atoms with van der Waals surface area (Å²) in [6.45, 7) is 1.93. The van der Waals surface area contributed by atoms with Crippen LogP contribution in [0.3, 0.4) is 0 Å². The Hall–Kier alpha value is -2.35. The standard InChI is InChI=1S/C18H18O2/c1-14(13-18(19)20-2)12-15-8-10-17(11-9-15)16-6-4-3-5-7-16/h3-11,13H,12H2,1-2H3/b14-13+. The van der Waals surface area contributed by atoms with Gasteiger partial charge in [-0.25, -0.2) is 4.79 Å². The lowest BCUT2D eigenvalue weighted by Crippen LogP contribution is -1.97. The van der Waals surface area contributed by atoms with Gasteiger partial charge in [-0.3, -0.25) is 0 Å². The van der Waals surface area contributed by atoms with Crippen LogP contribution in [-0.4, -0.2) is 13.1 Å². The lowest BCUT2D eigenvalue weighted by Gasteiger charge is -2.05. The molecule has 2 nitrogen and oxygen atoms in total. The van der Waals surface area contributed by atoms with Gasteiger partial charge in [0.2, 0.25) is 0 Å². The molecule has 0 aromatic heterocycles. The number of allylic oxidation sites excluding steroid dienone is 1. The zero-order valence-corrected chi connectivity index (χ0v) is 11.8. The fraction of sp³-hybridized carbons (Fsp3) is 0.167. The first-order valence-electron chi connectivity index (χ1n) is 6.58. The van der Waals surface area contributed by atoms with Crippen molar-refractivity contribution in [3.63, 3.8) is 0 Å². The van der Waals surface area contributed by atoms with Gasteiger partial charge in [-0.15, -0.1) is 0 Å². The van der Waals surface area contributed by atoms with E-state index in [9.17, 15) is 4.79 Å². The lowest BCUT2D eigenvalue weighted by molar-refractivity contribution is -0.134. The molecule has 2 heteroatoms. The summed E-state index contributed by atoms with van der Waals surface area (Å²) in [5.74, 6) is -0.302. The molecule has 2 aromatic carbocycles. The molecule has 0 atom stereocenters. The summed E-state index contributed by atoms with van der Waals surface area (Å²) in [5, 5.41) is 0. The van der Waals surface area contributed by atoms with Gasteiger partial charge in [-0.1, -0.05) is 60.2 Å². The van der Waals surface area contributed by atoms with E-state index in [2.05, 4.69) is 41.1 Å². The topological polar surface area (TPSA) is 26.3 Å². The molecular formula is C18H18O2. The van der Waals surface area contributed by atoms with Crippen molar-refractivity contribution in [1.82, 2.24) is 0 Å². The molecule has 20 heavy (non-hydrogen) atoms. The van der Waals surface area contributed by atoms with E-state index in [1.807, 2.05) is 25.1 Å². The van der Waals surface area contributed by atoms with Crippen LogP contribution in [0.1, 0.15) is 12.5 Å². The number of carbonyl (C=O) groups excluding carboxylic acids is 1. The Labute approximate surface area is 119 Å². The van der Waals surface area contributed by atoms with Crippen molar-refractivity contribution in [2.24, 2.45) is 0 Å². The Morgan fingerprint density at radius 1 is 1.00 bits per heavy atom. The second-order valence-corrected chi connectivity index (χ2v) is 4.75. The van der Waals surface area contributed by atoms with Gasteiger partial charge >= 0.3 is 5.97 Å². The molecule has 0 aliphatic heterocycles. The number of benzene rings is 2. The minimum absolute atomic E-state index is 0.302. The fourth-order valence-corrected chi connectivity index (χ4v) is 2.08. The Bertz CT molecular complexity index is 595. The molecule has 0 bridgehead atoms. The normalized spacial score (nSPS) is 11.2. The zero-order valence-electron chi connectivity index (χ0n) is 11.8. The Balaban J connectivity index is 2.09. The number of carbonyl (C=O) groups is 1. The molecule has 0 fully saturated rings. The molecule has 0 aliphatic carbocycles. The summed E-state index contributed by atoms with van der Waals surface area (Å²) in [6.07, 6.45) is 2.29. The molecule has 0 amide bonds. The first-order valence-corrected chi connectivity index (χ1v) is 6.58. The molecule has 0 saturated heterocycles. The van der Waals surface area contributed by atoms with Gasteiger partial charge in [0.05, 0.1) is 7.11 Å². The fourth-order valence-electron chi connectivity index (χ4n) is 2.08. The summed E-state index contributed by atoms with van der Waals surface area (Å²) in [7, 11) is 1.39. The zero-order chi connectivity index (χ0) is 14.4. The summed E-state index contributed by atoms with van der Waals surface area (Å²) in [6, 6.07) is 18.7. The van der Waals surface area contributed by atoms with Gasteiger partial charge in [0.25, 0.3) is 0 Å². The molecule has 2 aromatic rings. The van der Waals surface area contributed by atoms with E-state index in [1.54, 1.807) is 0 Å². The highest BCUT2D eigenvalue weighted by Gasteiger charge is 2.00. The number of hydrogen-bond donors (Lipinski definition) is 0. The lowest BCUT2D eigenvalue weighted by atomic mass is 10.0. The summed E-state index contributed by atoms with van der Waals surface area (Å²) >= 11 is 0. The highest BCUT2D eigenvalue weighted by atomic mass is 16.5. The molecule has 2 rings (SSSR count). The molecule has 0 spiro atoms. The molecule has 0 aliphatic rings. The first kappa shape index (κ1) is 14.1. The second-order valence-electron chi connectivity index (χ2n) is 4.75. The van der Waals surface area contributed by atoms with Gasteiger partial charge in [-0.2, -0.15) is 0 Å². The van der Waals surface area contributed by atoms with Crippen molar-refractivity contribution in [3.8, 4) is 11.1 Å². The maximum Gasteiger partial charge on any atom is 0.330 e. The SMILES string of the molecule is COC(=O)/C=C(\C)Cc1ccc(-c2ccccc2)cc1. The van der Waals surface area contributed by atoms with Crippen LogP contribution in [0.15, 0.2) is 66.2 Å². The molecule has 0 heterocycles. The predicted octanol–water partition coefficient (Wildman–Crippen LogP) is 4.02. The van der Waals surface area contributed by atoms with Crippen LogP contribution in [0, 0.1) is 0 Å². The van der Waals surface area contributed by atoms with Crippen LogP contribution in [0.4, 0.5) is 0 Å². The number of hydrogen-bond acceptors (Lipinski definition) is 2. The minimum atomic E-state index is -0.302. The average Bonchev–Trinajstić information content (AvgIpc) is 2.48. The van der Waals surface area contributed by atoms with Gasteiger partial charge < -0.3 is 4.74 Å². The third-order valence-electron chi connectivity index (χ3n) is 3.11. The molecule has 102 valence electrons. The van der Waals surface area contributed by atoms with Crippen molar-refractivity contribution in [1.29, 1.82) is 0 Å². The molecular weight excluding hydrogens is 248 g/mol. The van der Waals surface area contributed by atoms with E-state index < -0.39 is 0 Å². The minimum Gasteiger partial charge on any atom is -0.466 e. The number of rotatable bonds is 4. The van der Waals surface area contributed by atoms with E-state index in [0.29, 0.717) is 0 Å². The maximum atomic E-state index is 11.2. The molecule has 0 radical (unpaired) electrons. The van der Waals surface area contributed by atoms with Crippen LogP contribution in [-0.2, 0) is 16.0 Å². The van der Waals surface area contributed by atoms with Gasteiger partial charge in [0.1, 0.15) is 0 Å². The largest absolute Gasteiger partial charge is 0.466 e.